The Bertz CT molecular complexity index is 375. The summed E-state index contributed by atoms with van der Waals surface area (Å²) in [6.07, 6.45) is -5.85. The van der Waals surface area contributed by atoms with E-state index >= 15 is 0 Å². The first-order valence-corrected chi connectivity index (χ1v) is 6.65. The average Bonchev–Trinajstić information content (AvgIpc) is 2.50. The van der Waals surface area contributed by atoms with Crippen LogP contribution in [0.15, 0.2) is 0 Å². The number of carbonyl (C=O) groups is 3. The number of Topliss-reactive ketones (excluding diaryl/α,β-unsaturated/α-hetero) is 2. The topological polar surface area (TPSA) is 173 Å². The zero-order chi connectivity index (χ0) is 16.8. The fourth-order valence-corrected chi connectivity index (χ4v) is 2.45. The van der Waals surface area contributed by atoms with E-state index < -0.39 is 59.6 Å². The maximum atomic E-state index is 12.0. The molecule has 0 aromatic heterocycles. The van der Waals surface area contributed by atoms with E-state index in [0.29, 0.717) is 0 Å². The Morgan fingerprint density at radius 2 is 1.19 bits per heavy atom. The number of carbonyl (C=O) groups excluding carboxylic acids is 3. The van der Waals surface area contributed by atoms with Crippen molar-refractivity contribution < 1.29 is 45.0 Å². The maximum Gasteiger partial charge on any atom is 0.221 e. The van der Waals surface area contributed by atoms with Crippen LogP contribution >= 0.6 is 11.8 Å². The Kier molecular flexibility index (Phi) is 8.18. The molecule has 21 heavy (non-hydrogen) atoms. The zero-order valence-electron chi connectivity index (χ0n) is 11.2. The van der Waals surface area contributed by atoms with Crippen LogP contribution in [0, 0.1) is 0 Å². The van der Waals surface area contributed by atoms with Crippen LogP contribution in [0.1, 0.15) is 6.92 Å². The molecule has 0 aliphatic heterocycles. The van der Waals surface area contributed by atoms with Crippen LogP contribution in [0.25, 0.3) is 0 Å². The third-order valence-electron chi connectivity index (χ3n) is 2.64. The quantitative estimate of drug-likeness (QED) is 0.231. The summed E-state index contributed by atoms with van der Waals surface area (Å²) in [6.45, 7) is -2.08. The molecule has 0 fully saturated rings. The van der Waals surface area contributed by atoms with Crippen LogP contribution in [0.4, 0.5) is 0 Å². The minimum Gasteiger partial charge on any atom is -0.393 e. The van der Waals surface area contributed by atoms with Crippen molar-refractivity contribution in [1.29, 1.82) is 0 Å². The van der Waals surface area contributed by atoms with Gasteiger partial charge in [-0.25, -0.2) is 0 Å². The standard InChI is InChI=1S/C11H18O9S/c1-11(8(18)5(15)2-12,9(19)6(16)3-13)21-10(20)7(17)4-14/h5-7,12-17H,2-4H2,1H3. The van der Waals surface area contributed by atoms with E-state index in [9.17, 15) is 29.7 Å². The normalized spacial score (nSPS) is 18.4. The van der Waals surface area contributed by atoms with Gasteiger partial charge in [0.25, 0.3) is 0 Å². The maximum absolute atomic E-state index is 12.0. The first-order chi connectivity index (χ1) is 9.65. The lowest BCUT2D eigenvalue weighted by atomic mass is 9.93. The molecule has 0 saturated carbocycles. The second kappa shape index (κ2) is 8.54. The first-order valence-electron chi connectivity index (χ1n) is 5.83. The molecule has 6 N–H and O–H groups in total. The lowest BCUT2D eigenvalue weighted by Crippen LogP contribution is -2.53. The molecule has 9 nitrogen and oxygen atoms in total. The van der Waals surface area contributed by atoms with Gasteiger partial charge in [-0.15, -0.1) is 0 Å². The molecule has 3 atom stereocenters. The fraction of sp³-hybridized carbons (Fsp3) is 0.727. The van der Waals surface area contributed by atoms with Crippen LogP contribution in [-0.2, 0) is 14.4 Å². The molecule has 0 saturated heterocycles. The number of thioether (sulfide) groups is 1. The number of hydrogen-bond donors (Lipinski definition) is 6. The summed E-state index contributed by atoms with van der Waals surface area (Å²) in [7, 11) is 0. The fourth-order valence-electron chi connectivity index (χ4n) is 1.37. The average molecular weight is 326 g/mol. The largest absolute Gasteiger partial charge is 0.393 e. The molecular weight excluding hydrogens is 308 g/mol. The molecule has 122 valence electrons. The van der Waals surface area contributed by atoms with Gasteiger partial charge in [-0.2, -0.15) is 0 Å². The van der Waals surface area contributed by atoms with E-state index in [2.05, 4.69) is 0 Å². The highest BCUT2D eigenvalue weighted by Crippen LogP contribution is 2.31. The summed E-state index contributed by atoms with van der Waals surface area (Å²) in [5.74, 6) is -2.54. The molecule has 0 heterocycles. The van der Waals surface area contributed by atoms with Gasteiger partial charge in [0, 0.05) is 0 Å². The molecule has 0 aliphatic rings. The monoisotopic (exact) mass is 326 g/mol. The highest BCUT2D eigenvalue weighted by molar-refractivity contribution is 8.16. The Morgan fingerprint density at radius 3 is 1.48 bits per heavy atom. The van der Waals surface area contributed by atoms with Crippen LogP contribution in [0.5, 0.6) is 0 Å². The van der Waals surface area contributed by atoms with Crippen molar-refractivity contribution in [1.82, 2.24) is 0 Å². The first kappa shape index (κ1) is 20.1. The zero-order valence-corrected chi connectivity index (χ0v) is 12.0. The molecule has 0 amide bonds. The van der Waals surface area contributed by atoms with Crippen LogP contribution in [0.3, 0.4) is 0 Å². The van der Waals surface area contributed by atoms with Crippen molar-refractivity contribution in [2.75, 3.05) is 19.8 Å². The second-order valence-electron chi connectivity index (χ2n) is 4.28. The third-order valence-corrected chi connectivity index (χ3v) is 3.93. The number of rotatable bonds is 9. The van der Waals surface area contributed by atoms with E-state index in [-0.39, 0.29) is 11.8 Å². The molecule has 0 aliphatic carbocycles. The van der Waals surface area contributed by atoms with Crippen molar-refractivity contribution in [3.8, 4) is 0 Å². The molecule has 0 aromatic carbocycles. The number of ketones is 2. The molecular formula is C11H18O9S. The van der Waals surface area contributed by atoms with Crippen molar-refractivity contribution in [3.05, 3.63) is 0 Å². The Labute approximate surface area is 124 Å². The Hall–Kier alpha value is -0.880. The van der Waals surface area contributed by atoms with Crippen molar-refractivity contribution >= 4 is 28.4 Å². The smallest absolute Gasteiger partial charge is 0.221 e. The number of aliphatic hydroxyl groups is 6. The molecule has 0 spiro atoms. The van der Waals surface area contributed by atoms with Crippen LogP contribution < -0.4 is 0 Å². The van der Waals surface area contributed by atoms with Gasteiger partial charge in [0.15, 0.2) is 11.6 Å². The lowest BCUT2D eigenvalue weighted by molar-refractivity contribution is -0.141. The van der Waals surface area contributed by atoms with Gasteiger partial charge in [-0.05, 0) is 6.92 Å². The van der Waals surface area contributed by atoms with E-state index in [4.69, 9.17) is 15.3 Å². The van der Waals surface area contributed by atoms with Gasteiger partial charge >= 0.3 is 0 Å². The van der Waals surface area contributed by atoms with Gasteiger partial charge in [0.1, 0.15) is 23.1 Å². The van der Waals surface area contributed by atoms with Gasteiger partial charge in [-0.3, -0.25) is 14.4 Å². The molecule has 0 radical (unpaired) electrons. The summed E-state index contributed by atoms with van der Waals surface area (Å²) in [6, 6.07) is 0. The summed E-state index contributed by atoms with van der Waals surface area (Å²) in [5, 5.41) is 52.9. The number of aliphatic hydroxyl groups excluding tert-OH is 6. The predicted molar refractivity (Wildman–Crippen MR) is 70.3 cm³/mol. The van der Waals surface area contributed by atoms with Gasteiger partial charge < -0.3 is 30.6 Å². The number of hydrogen-bond acceptors (Lipinski definition) is 10. The van der Waals surface area contributed by atoms with Gasteiger partial charge in [0.2, 0.25) is 5.12 Å². The highest BCUT2D eigenvalue weighted by atomic mass is 32.2. The van der Waals surface area contributed by atoms with E-state index in [1.54, 1.807) is 0 Å². The van der Waals surface area contributed by atoms with Gasteiger partial charge in [-0.1, -0.05) is 11.8 Å². The SMILES string of the molecule is CC(SC(=O)C(O)CO)(C(=O)C(O)CO)C(=O)C(O)CO. The minimum absolute atomic E-state index is 0.00690. The summed E-state index contributed by atoms with van der Waals surface area (Å²) in [4.78, 5) is 35.5. The lowest BCUT2D eigenvalue weighted by Gasteiger charge is -2.29. The van der Waals surface area contributed by atoms with Crippen LogP contribution in [0.2, 0.25) is 0 Å². The summed E-state index contributed by atoms with van der Waals surface area (Å²) >= 11 is -0.00690. The molecule has 3 unspecified atom stereocenters. The van der Waals surface area contributed by atoms with Crippen molar-refractivity contribution in [2.45, 2.75) is 30.0 Å². The summed E-state index contributed by atoms with van der Waals surface area (Å²) < 4.78 is -2.34. The van der Waals surface area contributed by atoms with Crippen molar-refractivity contribution in [3.63, 3.8) is 0 Å². The van der Waals surface area contributed by atoms with E-state index in [1.807, 2.05) is 0 Å². The predicted octanol–water partition coefficient (Wildman–Crippen LogP) is -3.80. The highest BCUT2D eigenvalue weighted by Gasteiger charge is 2.49. The minimum atomic E-state index is -2.34. The second-order valence-corrected chi connectivity index (χ2v) is 5.70. The molecule has 0 aromatic rings. The van der Waals surface area contributed by atoms with E-state index in [1.165, 1.54) is 0 Å². The Morgan fingerprint density at radius 1 is 0.857 bits per heavy atom. The molecule has 0 rings (SSSR count). The van der Waals surface area contributed by atoms with Gasteiger partial charge in [0.05, 0.1) is 19.8 Å². The van der Waals surface area contributed by atoms with E-state index in [0.717, 1.165) is 6.92 Å². The summed E-state index contributed by atoms with van der Waals surface area (Å²) in [5.41, 5.74) is 0. The molecule has 10 heteroatoms. The Balaban J connectivity index is 5.51. The van der Waals surface area contributed by atoms with Crippen LogP contribution in [-0.4, -0.2) is 90.2 Å². The van der Waals surface area contributed by atoms with Crippen molar-refractivity contribution in [2.24, 2.45) is 0 Å². The molecule has 0 bridgehead atoms. The third kappa shape index (κ3) is 4.81.